The van der Waals surface area contributed by atoms with E-state index in [4.69, 9.17) is 9.26 Å². The summed E-state index contributed by atoms with van der Waals surface area (Å²) in [6.07, 6.45) is 3.87. The largest absolute Gasteiger partial charge is 0.369 e. The smallest absolute Gasteiger partial charge is 0.266 e. The van der Waals surface area contributed by atoms with E-state index in [1.807, 2.05) is 37.3 Å². The van der Waals surface area contributed by atoms with E-state index in [0.29, 0.717) is 36.6 Å². The Labute approximate surface area is 164 Å². The van der Waals surface area contributed by atoms with Crippen molar-refractivity contribution < 1.29 is 14.1 Å². The summed E-state index contributed by atoms with van der Waals surface area (Å²) in [4.78, 5) is 18.7. The molecule has 1 aromatic carbocycles. The van der Waals surface area contributed by atoms with Crippen LogP contribution in [0.25, 0.3) is 11.5 Å². The highest BCUT2D eigenvalue weighted by Gasteiger charge is 2.63. The fourth-order valence-electron chi connectivity index (χ4n) is 5.21. The third-order valence-corrected chi connectivity index (χ3v) is 6.51. The van der Waals surface area contributed by atoms with Crippen LogP contribution >= 0.6 is 0 Å². The molecule has 3 saturated heterocycles. The van der Waals surface area contributed by atoms with E-state index >= 15 is 0 Å². The molecule has 0 radical (unpaired) electrons. The summed E-state index contributed by atoms with van der Waals surface area (Å²) >= 11 is 0. The van der Waals surface area contributed by atoms with Crippen molar-refractivity contribution in [3.63, 3.8) is 0 Å². The van der Waals surface area contributed by atoms with Gasteiger partial charge in [-0.05, 0) is 36.6 Å². The van der Waals surface area contributed by atoms with Gasteiger partial charge in [0.05, 0.1) is 18.2 Å². The minimum Gasteiger partial charge on any atom is -0.369 e. The molecule has 0 unspecified atom stereocenters. The topological polar surface area (TPSA) is 80.5 Å². The third-order valence-electron chi connectivity index (χ3n) is 6.51. The Morgan fingerprint density at radius 3 is 3.04 bits per heavy atom. The van der Waals surface area contributed by atoms with E-state index in [2.05, 4.69) is 20.4 Å². The van der Waals surface area contributed by atoms with E-state index in [1.54, 1.807) is 0 Å². The van der Waals surface area contributed by atoms with Crippen LogP contribution in [0, 0.1) is 11.8 Å². The molecule has 3 fully saturated rings. The zero-order chi connectivity index (χ0) is 19.1. The number of rotatable bonds is 6. The number of benzene rings is 1. The van der Waals surface area contributed by atoms with E-state index in [1.165, 1.54) is 0 Å². The molecule has 7 heteroatoms. The highest BCUT2D eigenvalue weighted by atomic mass is 16.5. The second-order valence-corrected chi connectivity index (χ2v) is 8.23. The van der Waals surface area contributed by atoms with Gasteiger partial charge in [0.15, 0.2) is 0 Å². The summed E-state index contributed by atoms with van der Waals surface area (Å²) in [5.74, 6) is 2.06. The van der Waals surface area contributed by atoms with Crippen molar-refractivity contribution in [1.29, 1.82) is 0 Å². The van der Waals surface area contributed by atoms with Crippen LogP contribution in [-0.2, 0) is 9.53 Å². The van der Waals surface area contributed by atoms with Crippen LogP contribution in [0.5, 0.6) is 0 Å². The second-order valence-electron chi connectivity index (χ2n) is 8.23. The van der Waals surface area contributed by atoms with Crippen LogP contribution in [0.1, 0.15) is 32.6 Å². The summed E-state index contributed by atoms with van der Waals surface area (Å²) in [6.45, 7) is 4.36. The van der Waals surface area contributed by atoms with Crippen LogP contribution in [0.3, 0.4) is 0 Å². The van der Waals surface area contributed by atoms with Gasteiger partial charge in [0.25, 0.3) is 11.8 Å². The molecule has 0 aliphatic carbocycles. The normalized spacial score (nSPS) is 30.6. The summed E-state index contributed by atoms with van der Waals surface area (Å²) in [5.41, 5.74) is 0.797. The van der Waals surface area contributed by atoms with Gasteiger partial charge in [-0.3, -0.25) is 4.79 Å². The zero-order valence-electron chi connectivity index (χ0n) is 16.1. The number of carbonyl (C=O) groups excluding carboxylic acids is 1. The minimum absolute atomic E-state index is 0.127. The maximum atomic E-state index is 11.9. The molecule has 4 atom stereocenters. The van der Waals surface area contributed by atoms with E-state index < -0.39 is 0 Å². The average molecular weight is 382 g/mol. The van der Waals surface area contributed by atoms with Crippen molar-refractivity contribution >= 4 is 11.9 Å². The fourth-order valence-corrected chi connectivity index (χ4v) is 5.21. The molecular weight excluding hydrogens is 356 g/mol. The van der Waals surface area contributed by atoms with Gasteiger partial charge < -0.3 is 19.5 Å². The van der Waals surface area contributed by atoms with Gasteiger partial charge >= 0.3 is 0 Å². The molecule has 1 amide bonds. The van der Waals surface area contributed by atoms with Gasteiger partial charge in [-0.1, -0.05) is 25.1 Å². The van der Waals surface area contributed by atoms with E-state index in [-0.39, 0.29) is 17.6 Å². The Hall–Kier alpha value is -2.41. The molecule has 3 aliphatic rings. The van der Waals surface area contributed by atoms with Crippen molar-refractivity contribution in [2.75, 3.05) is 24.5 Å². The van der Waals surface area contributed by atoms with Crippen LogP contribution in [-0.4, -0.2) is 47.4 Å². The molecule has 0 saturated carbocycles. The van der Waals surface area contributed by atoms with Crippen molar-refractivity contribution in [2.45, 2.75) is 44.3 Å². The number of ether oxygens (including phenoxy) is 1. The molecule has 1 aromatic heterocycles. The van der Waals surface area contributed by atoms with Crippen molar-refractivity contribution in [2.24, 2.45) is 11.8 Å². The van der Waals surface area contributed by atoms with Gasteiger partial charge in [-0.25, -0.2) is 0 Å². The Bertz CT molecular complexity index is 854. The number of fused-ring (bicyclic) bond motifs is 1. The maximum absolute atomic E-state index is 11.9. The minimum atomic E-state index is -0.127. The Morgan fingerprint density at radius 1 is 1.36 bits per heavy atom. The third kappa shape index (κ3) is 2.89. The van der Waals surface area contributed by atoms with Crippen LogP contribution in [0.2, 0.25) is 0 Å². The van der Waals surface area contributed by atoms with Crippen molar-refractivity contribution in [1.82, 2.24) is 15.5 Å². The molecular formula is C21H26N4O3. The number of amides is 1. The van der Waals surface area contributed by atoms with Gasteiger partial charge in [-0.2, -0.15) is 4.98 Å². The van der Waals surface area contributed by atoms with Crippen molar-refractivity contribution in [3.05, 3.63) is 30.3 Å². The first-order valence-corrected chi connectivity index (χ1v) is 10.3. The molecule has 1 N–H and O–H groups in total. The standard InChI is InChI=1S/C21H26N4O3/c1-2-6-18(26)22-11-15-16-12-25(13-21(16)10-9-17(15)27-21)20-23-19(28-24-20)14-7-4-3-5-8-14/h3-5,7-8,15-17H,2,6,9-13H2,1H3,(H,22,26)/t15-,16+,17+,21+/m0/s1. The first-order valence-electron chi connectivity index (χ1n) is 10.3. The number of hydrogen-bond donors (Lipinski definition) is 1. The number of nitrogens with one attached hydrogen (secondary N) is 1. The first kappa shape index (κ1) is 17.7. The predicted molar refractivity (Wildman–Crippen MR) is 104 cm³/mol. The Kier molecular flexibility index (Phi) is 4.34. The van der Waals surface area contributed by atoms with Gasteiger partial charge in [0.2, 0.25) is 5.91 Å². The van der Waals surface area contributed by atoms with E-state index in [0.717, 1.165) is 37.9 Å². The second kappa shape index (κ2) is 6.88. The molecule has 1 spiro atoms. The summed E-state index contributed by atoms with van der Waals surface area (Å²) < 4.78 is 11.9. The molecule has 7 nitrogen and oxygen atoms in total. The molecule has 148 valence electrons. The van der Waals surface area contributed by atoms with Crippen molar-refractivity contribution in [3.8, 4) is 11.5 Å². The molecule has 4 heterocycles. The average Bonchev–Trinajstić information content (AvgIpc) is 3.46. The first-order chi connectivity index (χ1) is 13.7. The lowest BCUT2D eigenvalue weighted by atomic mass is 9.73. The highest BCUT2D eigenvalue weighted by molar-refractivity contribution is 5.75. The lowest BCUT2D eigenvalue weighted by Gasteiger charge is -2.29. The van der Waals surface area contributed by atoms with Crippen LogP contribution in [0.15, 0.2) is 34.9 Å². The number of aromatic nitrogens is 2. The number of nitrogens with zero attached hydrogens (tertiary/aromatic N) is 3. The number of anilines is 1. The van der Waals surface area contributed by atoms with E-state index in [9.17, 15) is 4.79 Å². The van der Waals surface area contributed by atoms with Gasteiger partial charge in [-0.15, -0.1) is 0 Å². The number of carbonyl (C=O) groups is 1. The molecule has 3 aliphatic heterocycles. The zero-order valence-corrected chi connectivity index (χ0v) is 16.1. The molecule has 5 rings (SSSR count). The quantitative estimate of drug-likeness (QED) is 0.827. The molecule has 28 heavy (non-hydrogen) atoms. The Morgan fingerprint density at radius 2 is 2.21 bits per heavy atom. The Balaban J connectivity index is 1.30. The summed E-state index contributed by atoms with van der Waals surface area (Å²) in [7, 11) is 0. The summed E-state index contributed by atoms with van der Waals surface area (Å²) in [5, 5.41) is 7.33. The SMILES string of the molecule is CCCC(=O)NC[C@H]1[C@H]2CN(c3noc(-c4ccccc4)n3)C[C@]23CC[C@H]1O3. The van der Waals surface area contributed by atoms with Crippen LogP contribution < -0.4 is 10.2 Å². The lowest BCUT2D eigenvalue weighted by Crippen LogP contribution is -2.41. The molecule has 2 bridgehead atoms. The fraction of sp³-hybridized carbons (Fsp3) is 0.571. The highest BCUT2D eigenvalue weighted by Crippen LogP contribution is 2.55. The predicted octanol–water partition coefficient (Wildman–Crippen LogP) is 2.64. The number of hydrogen-bond acceptors (Lipinski definition) is 6. The maximum Gasteiger partial charge on any atom is 0.266 e. The van der Waals surface area contributed by atoms with Gasteiger partial charge in [0.1, 0.15) is 0 Å². The summed E-state index contributed by atoms with van der Waals surface area (Å²) in [6, 6.07) is 9.82. The molecule has 2 aromatic rings. The van der Waals surface area contributed by atoms with Crippen LogP contribution in [0.4, 0.5) is 5.95 Å². The lowest BCUT2D eigenvalue weighted by molar-refractivity contribution is -0.121. The van der Waals surface area contributed by atoms with Gasteiger partial charge in [0, 0.05) is 36.9 Å². The monoisotopic (exact) mass is 382 g/mol.